The molecule has 0 unspecified atom stereocenters. The van der Waals surface area contributed by atoms with Gasteiger partial charge >= 0.3 is 10.2 Å². The number of nitrogens with zero attached hydrogens (tertiary/aromatic N) is 4. The molecular formula is C22H23FN4O4S. The molecule has 1 saturated heterocycles. The lowest BCUT2D eigenvalue weighted by Gasteiger charge is -2.37. The zero-order valence-corrected chi connectivity index (χ0v) is 18.5. The molecule has 4 rings (SSSR count). The van der Waals surface area contributed by atoms with Crippen molar-refractivity contribution in [2.75, 3.05) is 45.2 Å². The van der Waals surface area contributed by atoms with E-state index in [1.54, 1.807) is 41.3 Å². The first-order valence-corrected chi connectivity index (χ1v) is 11.4. The van der Waals surface area contributed by atoms with Crippen LogP contribution >= 0.6 is 0 Å². The Hall–Kier alpha value is -3.40. The Balaban J connectivity index is 1.56. The van der Waals surface area contributed by atoms with Crippen LogP contribution in [0.2, 0.25) is 0 Å². The first-order chi connectivity index (χ1) is 15.3. The van der Waals surface area contributed by atoms with E-state index in [1.807, 2.05) is 0 Å². The number of ether oxygens (including phenoxy) is 1. The second kappa shape index (κ2) is 8.62. The van der Waals surface area contributed by atoms with Crippen LogP contribution in [0.15, 0.2) is 64.7 Å². The number of methoxy groups -OCH3 is 1. The Kier molecular flexibility index (Phi) is 5.88. The number of para-hydroxylation sites is 1. The molecule has 1 amide bonds. The third-order valence-electron chi connectivity index (χ3n) is 5.53. The number of carbonyl (C=O) groups excluding carboxylic acids is 1. The number of halogens is 1. The number of hydrogen-bond donors (Lipinski definition) is 0. The summed E-state index contributed by atoms with van der Waals surface area (Å²) in [5.41, 5.74) is 1.53. The van der Waals surface area contributed by atoms with Crippen molar-refractivity contribution in [3.05, 3.63) is 71.7 Å². The smallest absolute Gasteiger partial charge is 0.345 e. The average molecular weight is 459 g/mol. The zero-order valence-electron chi connectivity index (χ0n) is 17.7. The van der Waals surface area contributed by atoms with E-state index >= 15 is 0 Å². The number of piperazine rings is 1. The van der Waals surface area contributed by atoms with Crippen LogP contribution < -0.4 is 9.64 Å². The second-order valence-electron chi connectivity index (χ2n) is 7.41. The van der Waals surface area contributed by atoms with Gasteiger partial charge in [-0.1, -0.05) is 12.1 Å². The molecule has 2 aromatic carbocycles. The highest BCUT2D eigenvalue weighted by Gasteiger charge is 2.34. The van der Waals surface area contributed by atoms with E-state index in [9.17, 15) is 17.6 Å². The van der Waals surface area contributed by atoms with Gasteiger partial charge in [0, 0.05) is 44.5 Å². The maximum absolute atomic E-state index is 13.3. The lowest BCUT2D eigenvalue weighted by atomic mass is 10.1. The van der Waals surface area contributed by atoms with Crippen LogP contribution in [-0.4, -0.2) is 69.6 Å². The van der Waals surface area contributed by atoms with Gasteiger partial charge in [-0.05, 0) is 42.5 Å². The van der Waals surface area contributed by atoms with E-state index < -0.39 is 16.1 Å². The highest BCUT2D eigenvalue weighted by molar-refractivity contribution is 7.88. The molecule has 168 valence electrons. The second-order valence-corrected chi connectivity index (χ2v) is 9.03. The highest BCUT2D eigenvalue weighted by atomic mass is 32.2. The quantitative estimate of drug-likeness (QED) is 0.701. The van der Waals surface area contributed by atoms with Crippen molar-refractivity contribution in [3.8, 4) is 5.75 Å². The van der Waals surface area contributed by atoms with Crippen molar-refractivity contribution < 1.29 is 22.3 Å². The van der Waals surface area contributed by atoms with Crippen LogP contribution in [0.25, 0.3) is 0 Å². The molecule has 1 fully saturated rings. The number of rotatable bonds is 4. The van der Waals surface area contributed by atoms with Crippen molar-refractivity contribution in [1.29, 1.82) is 0 Å². The summed E-state index contributed by atoms with van der Waals surface area (Å²) >= 11 is 0. The molecule has 2 heterocycles. The molecule has 0 aliphatic carbocycles. The predicted octanol–water partition coefficient (Wildman–Crippen LogP) is 2.05. The Morgan fingerprint density at radius 3 is 2.34 bits per heavy atom. The molecule has 0 atom stereocenters. The predicted molar refractivity (Wildman–Crippen MR) is 119 cm³/mol. The Labute approximate surface area is 186 Å². The summed E-state index contributed by atoms with van der Waals surface area (Å²) in [5.74, 6) is -0.234. The topological polar surface area (TPSA) is 82.5 Å². The van der Waals surface area contributed by atoms with Crippen molar-refractivity contribution in [2.24, 2.45) is 4.40 Å². The fourth-order valence-electron chi connectivity index (χ4n) is 3.72. The molecule has 2 aliphatic heterocycles. The first kappa shape index (κ1) is 21.8. The normalized spacial score (nSPS) is 18.2. The number of amides is 1. The molecule has 10 heteroatoms. The molecule has 2 aliphatic rings. The van der Waals surface area contributed by atoms with E-state index in [2.05, 4.69) is 9.30 Å². The van der Waals surface area contributed by atoms with E-state index in [-0.39, 0.29) is 17.2 Å². The van der Waals surface area contributed by atoms with Gasteiger partial charge in [0.1, 0.15) is 17.3 Å². The summed E-state index contributed by atoms with van der Waals surface area (Å²) in [5, 5.41) is 0. The minimum Gasteiger partial charge on any atom is -0.496 e. The summed E-state index contributed by atoms with van der Waals surface area (Å²) in [4.78, 5) is 16.9. The van der Waals surface area contributed by atoms with Crippen molar-refractivity contribution >= 4 is 27.5 Å². The van der Waals surface area contributed by atoms with Crippen LogP contribution in [0.5, 0.6) is 5.75 Å². The summed E-state index contributed by atoms with van der Waals surface area (Å²) in [6, 6.07) is 13.1. The fourth-order valence-corrected chi connectivity index (χ4v) is 4.62. The number of carbonyl (C=O) groups is 1. The highest BCUT2D eigenvalue weighted by Crippen LogP contribution is 2.26. The van der Waals surface area contributed by atoms with Gasteiger partial charge < -0.3 is 14.5 Å². The minimum absolute atomic E-state index is 0.0242. The number of benzene rings is 2. The molecule has 8 nitrogen and oxygen atoms in total. The van der Waals surface area contributed by atoms with Gasteiger partial charge in [-0.3, -0.25) is 4.79 Å². The van der Waals surface area contributed by atoms with Crippen LogP contribution in [-0.2, 0) is 15.0 Å². The third kappa shape index (κ3) is 4.18. The number of hydrogen-bond acceptors (Lipinski definition) is 5. The van der Waals surface area contributed by atoms with Gasteiger partial charge in [0.2, 0.25) is 0 Å². The minimum atomic E-state index is -4.07. The zero-order chi connectivity index (χ0) is 22.9. The molecule has 0 spiro atoms. The number of allylic oxidation sites excluding steroid dienone is 1. The Morgan fingerprint density at radius 2 is 1.69 bits per heavy atom. The van der Waals surface area contributed by atoms with Crippen molar-refractivity contribution in [1.82, 2.24) is 9.21 Å². The van der Waals surface area contributed by atoms with Gasteiger partial charge in [-0.25, -0.2) is 8.70 Å². The lowest BCUT2D eigenvalue weighted by Crippen LogP contribution is -2.51. The number of likely N-dealkylation sites (N-methyl/N-ethyl adjacent to an activating group) is 1. The van der Waals surface area contributed by atoms with Gasteiger partial charge in [0.05, 0.1) is 12.8 Å². The summed E-state index contributed by atoms with van der Waals surface area (Å²) in [6.07, 6.45) is 1.48. The summed E-state index contributed by atoms with van der Waals surface area (Å²) < 4.78 is 48.6. The van der Waals surface area contributed by atoms with Crippen LogP contribution in [0.3, 0.4) is 0 Å². The monoisotopic (exact) mass is 458 g/mol. The van der Waals surface area contributed by atoms with Gasteiger partial charge in [0.15, 0.2) is 0 Å². The van der Waals surface area contributed by atoms with Gasteiger partial charge in [-0.15, -0.1) is 4.40 Å². The van der Waals surface area contributed by atoms with E-state index in [1.165, 1.54) is 32.4 Å². The molecule has 0 radical (unpaired) electrons. The maximum Gasteiger partial charge on any atom is 0.345 e. The van der Waals surface area contributed by atoms with E-state index in [0.29, 0.717) is 37.5 Å². The molecular weight excluding hydrogens is 435 g/mol. The van der Waals surface area contributed by atoms with Gasteiger partial charge in [-0.2, -0.15) is 8.42 Å². The fraction of sp³-hybridized carbons (Fsp3) is 0.273. The Morgan fingerprint density at radius 1 is 1.03 bits per heavy atom. The van der Waals surface area contributed by atoms with Crippen molar-refractivity contribution in [2.45, 2.75) is 0 Å². The third-order valence-corrected chi connectivity index (χ3v) is 6.85. The summed E-state index contributed by atoms with van der Waals surface area (Å²) in [6.45, 7) is 1.91. The van der Waals surface area contributed by atoms with Crippen LogP contribution in [0.1, 0.15) is 5.56 Å². The lowest BCUT2D eigenvalue weighted by molar-refractivity contribution is -0.128. The molecule has 0 aromatic heterocycles. The van der Waals surface area contributed by atoms with E-state index in [4.69, 9.17) is 4.74 Å². The maximum atomic E-state index is 13.3. The molecule has 0 bridgehead atoms. The van der Waals surface area contributed by atoms with Crippen molar-refractivity contribution in [3.63, 3.8) is 0 Å². The summed E-state index contributed by atoms with van der Waals surface area (Å²) in [7, 11) is -1.27. The first-order valence-electron chi connectivity index (χ1n) is 10.0. The largest absolute Gasteiger partial charge is 0.496 e. The van der Waals surface area contributed by atoms with Crippen LogP contribution in [0.4, 0.5) is 10.1 Å². The SMILES string of the molecule is COc1ccccc1C1=NS(=O)(=O)N(C)C(C(=O)N2CCN(c3ccc(F)cc3)CC2)=C1. The Bertz CT molecular complexity index is 1190. The van der Waals surface area contributed by atoms with E-state index in [0.717, 1.165) is 9.99 Å². The average Bonchev–Trinajstić information content (AvgIpc) is 2.81. The molecule has 32 heavy (non-hydrogen) atoms. The van der Waals surface area contributed by atoms with Crippen LogP contribution in [0, 0.1) is 5.82 Å². The molecule has 0 N–H and O–H groups in total. The molecule has 2 aromatic rings. The number of anilines is 1. The van der Waals surface area contributed by atoms with Gasteiger partial charge in [0.25, 0.3) is 5.91 Å². The molecule has 0 saturated carbocycles. The standard InChI is InChI=1S/C22H23FN4O4S/c1-25-20(15-19(24-32(25,29)30)18-5-3-4-6-21(18)31-2)22(28)27-13-11-26(12-14-27)17-9-7-16(23)8-10-17/h3-10,15H,11-14H2,1-2H3.